The van der Waals surface area contributed by atoms with Crippen LogP contribution in [0.4, 0.5) is 0 Å². The lowest BCUT2D eigenvalue weighted by atomic mass is 9.75. The highest BCUT2D eigenvalue weighted by atomic mass is 15.2. The minimum Gasteiger partial charge on any atom is -0.316 e. The van der Waals surface area contributed by atoms with Crippen molar-refractivity contribution in [2.45, 2.75) is 39.7 Å². The van der Waals surface area contributed by atoms with Crippen molar-refractivity contribution in [1.29, 1.82) is 0 Å². The topological polar surface area (TPSA) is 15.3 Å². The lowest BCUT2D eigenvalue weighted by Crippen LogP contribution is -2.55. The van der Waals surface area contributed by atoms with E-state index in [0.29, 0.717) is 5.41 Å². The van der Waals surface area contributed by atoms with Crippen LogP contribution in [0.2, 0.25) is 0 Å². The molecular weight excluding hydrogens is 196 g/mol. The zero-order valence-corrected chi connectivity index (χ0v) is 11.0. The smallest absolute Gasteiger partial charge is 0.0102 e. The van der Waals surface area contributed by atoms with E-state index in [-0.39, 0.29) is 0 Å². The maximum Gasteiger partial charge on any atom is 0.0102 e. The van der Waals surface area contributed by atoms with Crippen LogP contribution in [-0.4, -0.2) is 37.1 Å². The van der Waals surface area contributed by atoms with Gasteiger partial charge in [-0.15, -0.1) is 0 Å². The first-order chi connectivity index (χ1) is 7.54. The van der Waals surface area contributed by atoms with Gasteiger partial charge < -0.3 is 5.32 Å². The standard InChI is InChI=1S/C14H26N2/c1-14(2,3)12-8-16(9-12)13-4-10-6-15-7-11(10)5-13/h10-13,15H,4-9H2,1-3H3. The number of nitrogens with zero attached hydrogens (tertiary/aromatic N) is 1. The lowest BCUT2D eigenvalue weighted by molar-refractivity contribution is -0.00716. The summed E-state index contributed by atoms with van der Waals surface area (Å²) in [7, 11) is 0. The van der Waals surface area contributed by atoms with Gasteiger partial charge in [-0.05, 0) is 49.1 Å². The summed E-state index contributed by atoms with van der Waals surface area (Å²) >= 11 is 0. The van der Waals surface area contributed by atoms with Gasteiger partial charge in [0.05, 0.1) is 0 Å². The molecular formula is C14H26N2. The molecule has 2 unspecified atom stereocenters. The molecule has 0 amide bonds. The van der Waals surface area contributed by atoms with Crippen LogP contribution in [-0.2, 0) is 0 Å². The van der Waals surface area contributed by atoms with Gasteiger partial charge >= 0.3 is 0 Å². The molecule has 0 radical (unpaired) electrons. The molecule has 3 aliphatic rings. The molecule has 3 rings (SSSR count). The van der Waals surface area contributed by atoms with E-state index in [0.717, 1.165) is 23.8 Å². The van der Waals surface area contributed by atoms with Crippen LogP contribution in [0.3, 0.4) is 0 Å². The molecule has 2 heterocycles. The average Bonchev–Trinajstić information content (AvgIpc) is 2.56. The second-order valence-corrected chi connectivity index (χ2v) is 7.32. The monoisotopic (exact) mass is 222 g/mol. The van der Waals surface area contributed by atoms with Crippen LogP contribution in [0, 0.1) is 23.2 Å². The van der Waals surface area contributed by atoms with E-state index in [1.807, 2.05) is 0 Å². The third-order valence-corrected chi connectivity index (χ3v) is 5.28. The molecule has 0 bridgehead atoms. The fourth-order valence-electron chi connectivity index (χ4n) is 3.79. The number of hydrogen-bond acceptors (Lipinski definition) is 2. The molecule has 16 heavy (non-hydrogen) atoms. The zero-order chi connectivity index (χ0) is 11.3. The molecule has 3 fully saturated rings. The van der Waals surface area contributed by atoms with E-state index in [1.165, 1.54) is 39.0 Å². The average molecular weight is 222 g/mol. The van der Waals surface area contributed by atoms with Gasteiger partial charge in [0.2, 0.25) is 0 Å². The molecule has 0 aromatic heterocycles. The Morgan fingerprint density at radius 3 is 2.06 bits per heavy atom. The molecule has 0 spiro atoms. The predicted molar refractivity (Wildman–Crippen MR) is 67.4 cm³/mol. The molecule has 1 saturated carbocycles. The van der Waals surface area contributed by atoms with Gasteiger partial charge in [0.1, 0.15) is 0 Å². The number of nitrogens with one attached hydrogen (secondary N) is 1. The van der Waals surface area contributed by atoms with E-state index in [4.69, 9.17) is 0 Å². The Balaban J connectivity index is 1.51. The summed E-state index contributed by atoms with van der Waals surface area (Å²) < 4.78 is 0. The van der Waals surface area contributed by atoms with Crippen LogP contribution < -0.4 is 5.32 Å². The van der Waals surface area contributed by atoms with Crippen molar-refractivity contribution in [3.63, 3.8) is 0 Å². The van der Waals surface area contributed by atoms with Crippen molar-refractivity contribution >= 4 is 0 Å². The Morgan fingerprint density at radius 1 is 1.00 bits per heavy atom. The van der Waals surface area contributed by atoms with Crippen LogP contribution in [0.25, 0.3) is 0 Å². The number of rotatable bonds is 1. The summed E-state index contributed by atoms with van der Waals surface area (Å²) in [6, 6.07) is 0.927. The van der Waals surface area contributed by atoms with Crippen molar-refractivity contribution in [1.82, 2.24) is 10.2 Å². The summed E-state index contributed by atoms with van der Waals surface area (Å²) in [4.78, 5) is 2.76. The molecule has 1 aliphatic carbocycles. The summed E-state index contributed by atoms with van der Waals surface area (Å²) in [6.45, 7) is 12.5. The van der Waals surface area contributed by atoms with Crippen molar-refractivity contribution in [3.8, 4) is 0 Å². The minimum absolute atomic E-state index is 0.520. The van der Waals surface area contributed by atoms with E-state index in [1.54, 1.807) is 0 Å². The summed E-state index contributed by atoms with van der Waals surface area (Å²) in [6.07, 6.45) is 2.93. The normalized spacial score (nSPS) is 41.1. The highest BCUT2D eigenvalue weighted by Gasteiger charge is 2.45. The zero-order valence-electron chi connectivity index (χ0n) is 11.0. The number of fused-ring (bicyclic) bond motifs is 1. The lowest BCUT2D eigenvalue weighted by Gasteiger charge is -2.49. The quantitative estimate of drug-likeness (QED) is 0.729. The van der Waals surface area contributed by atoms with E-state index in [2.05, 4.69) is 31.0 Å². The molecule has 1 N–H and O–H groups in total. The van der Waals surface area contributed by atoms with Crippen LogP contribution in [0.5, 0.6) is 0 Å². The van der Waals surface area contributed by atoms with E-state index >= 15 is 0 Å². The largest absolute Gasteiger partial charge is 0.316 e. The molecule has 2 atom stereocenters. The van der Waals surface area contributed by atoms with Gasteiger partial charge in [0, 0.05) is 19.1 Å². The Kier molecular flexibility index (Phi) is 2.56. The summed E-state index contributed by atoms with van der Waals surface area (Å²) in [5, 5.41) is 3.53. The maximum atomic E-state index is 3.53. The van der Waals surface area contributed by atoms with Gasteiger partial charge in [-0.1, -0.05) is 20.8 Å². The van der Waals surface area contributed by atoms with Gasteiger partial charge in [-0.25, -0.2) is 0 Å². The Hall–Kier alpha value is -0.0800. The molecule has 92 valence electrons. The molecule has 2 saturated heterocycles. The van der Waals surface area contributed by atoms with E-state index in [9.17, 15) is 0 Å². The van der Waals surface area contributed by atoms with Crippen molar-refractivity contribution < 1.29 is 0 Å². The van der Waals surface area contributed by atoms with E-state index < -0.39 is 0 Å². The van der Waals surface area contributed by atoms with Crippen LogP contribution in [0.1, 0.15) is 33.6 Å². The van der Waals surface area contributed by atoms with Gasteiger partial charge in [-0.3, -0.25) is 4.90 Å². The number of likely N-dealkylation sites (tertiary alicyclic amines) is 1. The van der Waals surface area contributed by atoms with Gasteiger partial charge in [0.15, 0.2) is 0 Å². The van der Waals surface area contributed by atoms with Crippen LogP contribution in [0.15, 0.2) is 0 Å². The second-order valence-electron chi connectivity index (χ2n) is 7.32. The van der Waals surface area contributed by atoms with Gasteiger partial charge in [-0.2, -0.15) is 0 Å². The van der Waals surface area contributed by atoms with Crippen LogP contribution >= 0.6 is 0 Å². The molecule has 0 aromatic rings. The second kappa shape index (κ2) is 3.71. The SMILES string of the molecule is CC(C)(C)C1CN(C2CC3CNCC3C2)C1. The molecule has 0 aromatic carbocycles. The molecule has 2 nitrogen and oxygen atoms in total. The first-order valence-electron chi connectivity index (χ1n) is 6.99. The Bertz CT molecular complexity index is 250. The van der Waals surface area contributed by atoms with Gasteiger partial charge in [0.25, 0.3) is 0 Å². The maximum absolute atomic E-state index is 3.53. The number of hydrogen-bond donors (Lipinski definition) is 1. The molecule has 2 heteroatoms. The van der Waals surface area contributed by atoms with Crippen molar-refractivity contribution in [3.05, 3.63) is 0 Å². The van der Waals surface area contributed by atoms with Crippen molar-refractivity contribution in [2.24, 2.45) is 23.2 Å². The minimum atomic E-state index is 0.520. The first-order valence-corrected chi connectivity index (χ1v) is 6.99. The fourth-order valence-corrected chi connectivity index (χ4v) is 3.79. The Labute approximate surface area is 99.8 Å². The highest BCUT2D eigenvalue weighted by Crippen LogP contribution is 2.42. The third kappa shape index (κ3) is 1.80. The summed E-state index contributed by atoms with van der Waals surface area (Å²) in [5.74, 6) is 2.93. The third-order valence-electron chi connectivity index (χ3n) is 5.28. The summed E-state index contributed by atoms with van der Waals surface area (Å²) in [5.41, 5.74) is 0.520. The highest BCUT2D eigenvalue weighted by molar-refractivity contribution is 4.99. The predicted octanol–water partition coefficient (Wildman–Crippen LogP) is 1.96. The first kappa shape index (κ1) is 11.0. The fraction of sp³-hybridized carbons (Fsp3) is 1.00. The van der Waals surface area contributed by atoms with Crippen molar-refractivity contribution in [2.75, 3.05) is 26.2 Å². The molecule has 2 aliphatic heterocycles. The Morgan fingerprint density at radius 2 is 1.56 bits per heavy atom.